The molecule has 9 heteroatoms. The molecule has 0 atom stereocenters. The van der Waals surface area contributed by atoms with Crippen LogP contribution >= 0.6 is 0 Å². The minimum atomic E-state index is -0.254. The van der Waals surface area contributed by atoms with Crippen molar-refractivity contribution in [3.63, 3.8) is 0 Å². The molecule has 1 saturated heterocycles. The van der Waals surface area contributed by atoms with Crippen molar-refractivity contribution in [3.05, 3.63) is 72.0 Å². The van der Waals surface area contributed by atoms with Gasteiger partial charge in [0.25, 0.3) is 5.91 Å². The maximum absolute atomic E-state index is 12.9. The molecule has 4 heterocycles. The molecule has 33 heavy (non-hydrogen) atoms. The predicted octanol–water partition coefficient (Wildman–Crippen LogP) is 3.05. The van der Waals surface area contributed by atoms with Crippen LogP contribution in [-0.2, 0) is 7.05 Å². The van der Waals surface area contributed by atoms with E-state index in [1.807, 2.05) is 42.5 Å². The van der Waals surface area contributed by atoms with Gasteiger partial charge in [0.1, 0.15) is 11.6 Å². The zero-order chi connectivity index (χ0) is 23.0. The van der Waals surface area contributed by atoms with Gasteiger partial charge < -0.3 is 20.1 Å². The van der Waals surface area contributed by atoms with Gasteiger partial charge in [0.05, 0.1) is 39.4 Å². The van der Waals surface area contributed by atoms with Crippen LogP contribution in [0.1, 0.15) is 10.4 Å². The Morgan fingerprint density at radius 1 is 1.03 bits per heavy atom. The number of carbonyl (C=O) groups excluding carboxylic acids is 1. The molecule has 4 aromatic rings. The monoisotopic (exact) mass is 443 g/mol. The van der Waals surface area contributed by atoms with Crippen LogP contribution in [0.2, 0.25) is 0 Å². The fourth-order valence-corrected chi connectivity index (χ4v) is 4.00. The Balaban J connectivity index is 1.34. The Labute approximate surface area is 191 Å². The fraction of sp³-hybridized carbons (Fsp3) is 0.250. The Hall–Kier alpha value is -3.82. The predicted molar refractivity (Wildman–Crippen MR) is 128 cm³/mol. The molecule has 168 valence electrons. The SMILES string of the molecule is Cn1cc(-c2ccc3cnc(NC(=O)c4ccnc(N5CC[N+](C)([O-])CC5)c4)cc3c2)cn1. The standard InChI is InChI=1S/C24H25N7O2/c1-29-16-21(15-27-29)17-3-4-19-14-26-22(12-20(19)11-17)28-24(32)18-5-6-25-23(13-18)30-7-9-31(2,33)10-8-30/h3-6,11-16H,7-10H2,1-2H3,(H,26,28,32). The average Bonchev–Trinajstić information content (AvgIpc) is 3.25. The van der Waals surface area contributed by atoms with Gasteiger partial charge in [-0.2, -0.15) is 5.10 Å². The van der Waals surface area contributed by atoms with Gasteiger partial charge in [-0.05, 0) is 35.2 Å². The molecule has 1 aromatic carbocycles. The second kappa shape index (κ2) is 8.27. The summed E-state index contributed by atoms with van der Waals surface area (Å²) in [5.41, 5.74) is 2.57. The summed E-state index contributed by atoms with van der Waals surface area (Å²) >= 11 is 0. The largest absolute Gasteiger partial charge is 0.633 e. The van der Waals surface area contributed by atoms with Gasteiger partial charge in [-0.15, -0.1) is 0 Å². The van der Waals surface area contributed by atoms with Crippen molar-refractivity contribution in [1.29, 1.82) is 0 Å². The van der Waals surface area contributed by atoms with Crippen molar-refractivity contribution in [2.45, 2.75) is 0 Å². The molecule has 0 unspecified atom stereocenters. The molecule has 5 rings (SSSR count). The smallest absolute Gasteiger partial charge is 0.257 e. The zero-order valence-corrected chi connectivity index (χ0v) is 18.6. The molecule has 1 aliphatic heterocycles. The van der Waals surface area contributed by atoms with Gasteiger partial charge in [0, 0.05) is 42.2 Å². The third-order valence-electron chi connectivity index (χ3n) is 6.02. The molecule has 9 nitrogen and oxygen atoms in total. The number of hydrogen-bond donors (Lipinski definition) is 1. The number of hydrogen-bond acceptors (Lipinski definition) is 6. The summed E-state index contributed by atoms with van der Waals surface area (Å²) in [6.07, 6.45) is 7.16. The number of anilines is 2. The van der Waals surface area contributed by atoms with E-state index in [1.54, 1.807) is 36.3 Å². The second-order valence-electron chi connectivity index (χ2n) is 8.62. The maximum Gasteiger partial charge on any atom is 0.257 e. The first-order chi connectivity index (χ1) is 15.9. The van der Waals surface area contributed by atoms with Gasteiger partial charge in [-0.3, -0.25) is 9.48 Å². The Kier molecular flexibility index (Phi) is 5.27. The first-order valence-electron chi connectivity index (χ1n) is 10.8. The lowest BCUT2D eigenvalue weighted by Gasteiger charge is -2.45. The van der Waals surface area contributed by atoms with Crippen LogP contribution in [0, 0.1) is 5.21 Å². The zero-order valence-electron chi connectivity index (χ0n) is 18.6. The summed E-state index contributed by atoms with van der Waals surface area (Å²) in [5.74, 6) is 0.928. The number of piperazine rings is 1. The van der Waals surface area contributed by atoms with E-state index in [-0.39, 0.29) is 10.6 Å². The van der Waals surface area contributed by atoms with Crippen molar-refractivity contribution >= 4 is 28.3 Å². The van der Waals surface area contributed by atoms with Crippen LogP contribution in [0.15, 0.2) is 61.2 Å². The quantitative estimate of drug-likeness (QED) is 0.384. The van der Waals surface area contributed by atoms with Crippen LogP contribution < -0.4 is 10.2 Å². The highest BCUT2D eigenvalue weighted by Crippen LogP contribution is 2.25. The van der Waals surface area contributed by atoms with Crippen molar-refractivity contribution in [2.24, 2.45) is 7.05 Å². The van der Waals surface area contributed by atoms with Crippen LogP contribution in [0.4, 0.5) is 11.6 Å². The molecule has 3 aromatic heterocycles. The van der Waals surface area contributed by atoms with E-state index < -0.39 is 0 Å². The lowest BCUT2D eigenvalue weighted by molar-refractivity contribution is -0.861. The minimum absolute atomic E-state index is 0.243. The number of aryl methyl sites for hydroxylation is 1. The maximum atomic E-state index is 12.9. The number of nitrogens with one attached hydrogen (secondary N) is 1. The van der Waals surface area contributed by atoms with Crippen LogP contribution in [0.3, 0.4) is 0 Å². The number of carbonyl (C=O) groups is 1. The van der Waals surface area contributed by atoms with Gasteiger partial charge in [0.2, 0.25) is 0 Å². The molecule has 0 saturated carbocycles. The molecule has 1 aliphatic rings. The molecule has 0 spiro atoms. The van der Waals surface area contributed by atoms with Gasteiger partial charge in [0.15, 0.2) is 0 Å². The number of nitrogens with zero attached hydrogens (tertiary/aromatic N) is 6. The summed E-state index contributed by atoms with van der Waals surface area (Å²) < 4.78 is 1.52. The first-order valence-corrected chi connectivity index (χ1v) is 10.8. The number of amides is 1. The van der Waals surface area contributed by atoms with Gasteiger partial charge in [-0.1, -0.05) is 12.1 Å². The lowest BCUT2D eigenvalue weighted by Crippen LogP contribution is -2.54. The summed E-state index contributed by atoms with van der Waals surface area (Å²) in [7, 11) is 3.57. The van der Waals surface area contributed by atoms with E-state index in [1.165, 1.54) is 0 Å². The van der Waals surface area contributed by atoms with Crippen molar-refractivity contribution < 1.29 is 9.44 Å². The number of aromatic nitrogens is 4. The molecular weight excluding hydrogens is 418 g/mol. The third kappa shape index (κ3) is 4.55. The average molecular weight is 444 g/mol. The van der Waals surface area contributed by atoms with E-state index in [2.05, 4.69) is 26.4 Å². The number of quaternary nitrogens is 1. The minimum Gasteiger partial charge on any atom is -0.633 e. The van der Waals surface area contributed by atoms with E-state index in [9.17, 15) is 10.0 Å². The van der Waals surface area contributed by atoms with E-state index in [0.717, 1.165) is 21.9 Å². The van der Waals surface area contributed by atoms with Crippen molar-refractivity contribution in [2.75, 3.05) is 43.4 Å². The number of likely N-dealkylation sites (N-methyl/N-ethyl adjacent to an activating group) is 1. The fourth-order valence-electron chi connectivity index (χ4n) is 4.00. The highest BCUT2D eigenvalue weighted by Gasteiger charge is 2.23. The lowest BCUT2D eigenvalue weighted by atomic mass is 10.1. The summed E-state index contributed by atoms with van der Waals surface area (Å²) in [6, 6.07) is 11.4. The first kappa shape index (κ1) is 21.0. The molecule has 0 aliphatic carbocycles. The number of rotatable bonds is 4. The topological polar surface area (TPSA) is 99.0 Å². The number of benzene rings is 1. The van der Waals surface area contributed by atoms with Crippen LogP contribution in [0.25, 0.3) is 21.9 Å². The van der Waals surface area contributed by atoms with Crippen LogP contribution in [0.5, 0.6) is 0 Å². The van der Waals surface area contributed by atoms with Crippen molar-refractivity contribution in [1.82, 2.24) is 19.7 Å². The number of hydroxylamine groups is 3. The van der Waals surface area contributed by atoms with E-state index in [0.29, 0.717) is 43.4 Å². The Morgan fingerprint density at radius 3 is 2.61 bits per heavy atom. The molecule has 1 fully saturated rings. The van der Waals surface area contributed by atoms with Crippen molar-refractivity contribution in [3.8, 4) is 11.1 Å². The summed E-state index contributed by atoms with van der Waals surface area (Å²) in [4.78, 5) is 23.8. The molecular formula is C24H25N7O2. The Bertz CT molecular complexity index is 1320. The van der Waals surface area contributed by atoms with Gasteiger partial charge in [-0.25, -0.2) is 9.97 Å². The molecule has 1 N–H and O–H groups in total. The van der Waals surface area contributed by atoms with E-state index in [4.69, 9.17) is 0 Å². The molecule has 1 amide bonds. The summed E-state index contributed by atoms with van der Waals surface area (Å²) in [6.45, 7) is 2.23. The highest BCUT2D eigenvalue weighted by atomic mass is 16.5. The van der Waals surface area contributed by atoms with Crippen LogP contribution in [-0.4, -0.2) is 63.5 Å². The van der Waals surface area contributed by atoms with E-state index >= 15 is 0 Å². The summed E-state index contributed by atoms with van der Waals surface area (Å²) in [5, 5.41) is 21.2. The number of pyridine rings is 2. The third-order valence-corrected chi connectivity index (χ3v) is 6.02. The highest BCUT2D eigenvalue weighted by molar-refractivity contribution is 6.05. The molecule has 0 bridgehead atoms. The Morgan fingerprint density at radius 2 is 1.85 bits per heavy atom. The second-order valence-corrected chi connectivity index (χ2v) is 8.62. The number of fused-ring (bicyclic) bond motifs is 1. The normalized spacial score (nSPS) is 15.5. The molecule has 0 radical (unpaired) electrons. The van der Waals surface area contributed by atoms with Gasteiger partial charge >= 0.3 is 0 Å².